The van der Waals surface area contributed by atoms with E-state index in [9.17, 15) is 0 Å². The van der Waals surface area contributed by atoms with Gasteiger partial charge >= 0.3 is 0 Å². The molecule has 130 valence electrons. The van der Waals surface area contributed by atoms with E-state index < -0.39 is 0 Å². The number of para-hydroxylation sites is 2. The Kier molecular flexibility index (Phi) is 3.53. The first-order chi connectivity index (χ1) is 12.8. The smallest absolute Gasteiger partial charge is 0.235 e. The van der Waals surface area contributed by atoms with Gasteiger partial charge in [-0.1, -0.05) is 12.1 Å². The molecule has 7 nitrogen and oxygen atoms in total. The van der Waals surface area contributed by atoms with E-state index >= 15 is 0 Å². The Balaban J connectivity index is 1.65. The number of fused-ring (bicyclic) bond motifs is 3. The summed E-state index contributed by atoms with van der Waals surface area (Å²) in [4.78, 5) is 20.5. The monoisotopic (exact) mass is 346 g/mol. The van der Waals surface area contributed by atoms with Crippen LogP contribution in [0, 0.1) is 6.92 Å². The van der Waals surface area contributed by atoms with Crippen LogP contribution in [-0.2, 0) is 4.74 Å². The van der Waals surface area contributed by atoms with Crippen molar-refractivity contribution in [1.29, 1.82) is 0 Å². The van der Waals surface area contributed by atoms with E-state index in [-0.39, 0.29) is 0 Å². The topological polar surface area (TPSA) is 68.4 Å². The van der Waals surface area contributed by atoms with E-state index in [1.807, 2.05) is 36.7 Å². The average molecular weight is 346 g/mol. The maximum absolute atomic E-state index is 5.42. The zero-order valence-electron chi connectivity index (χ0n) is 14.5. The molecule has 0 N–H and O–H groups in total. The lowest BCUT2D eigenvalue weighted by Crippen LogP contribution is -2.37. The number of hydrogen-bond donors (Lipinski definition) is 0. The third kappa shape index (κ3) is 2.40. The van der Waals surface area contributed by atoms with Crippen LogP contribution in [0.5, 0.6) is 0 Å². The summed E-state index contributed by atoms with van der Waals surface area (Å²) in [6.07, 6.45) is 3.66. The van der Waals surface area contributed by atoms with Gasteiger partial charge in [0.15, 0.2) is 0 Å². The SMILES string of the molecule is Cc1c(-c2ccnc(N3CCOCC3)n2)cnc2nc3ccccc3n12. The molecule has 0 aliphatic carbocycles. The molecule has 0 bridgehead atoms. The molecule has 0 unspecified atom stereocenters. The normalized spacial score (nSPS) is 15.0. The van der Waals surface area contributed by atoms with Gasteiger partial charge in [-0.05, 0) is 25.1 Å². The summed E-state index contributed by atoms with van der Waals surface area (Å²) in [5, 5.41) is 0. The number of aromatic nitrogens is 5. The van der Waals surface area contributed by atoms with E-state index in [0.29, 0.717) is 19.0 Å². The van der Waals surface area contributed by atoms with Gasteiger partial charge in [-0.3, -0.25) is 4.40 Å². The van der Waals surface area contributed by atoms with E-state index in [1.165, 1.54) is 0 Å². The van der Waals surface area contributed by atoms with Gasteiger partial charge in [0.1, 0.15) is 0 Å². The molecule has 0 saturated carbocycles. The molecular weight excluding hydrogens is 328 g/mol. The summed E-state index contributed by atoms with van der Waals surface area (Å²) in [6.45, 7) is 5.12. The number of nitrogens with zero attached hydrogens (tertiary/aromatic N) is 6. The quantitative estimate of drug-likeness (QED) is 0.555. The first-order valence-corrected chi connectivity index (χ1v) is 8.70. The fraction of sp³-hybridized carbons (Fsp3) is 0.263. The number of hydrogen-bond acceptors (Lipinski definition) is 6. The van der Waals surface area contributed by atoms with E-state index in [2.05, 4.69) is 37.2 Å². The van der Waals surface area contributed by atoms with E-state index in [4.69, 9.17) is 9.72 Å². The van der Waals surface area contributed by atoms with Crippen molar-refractivity contribution in [3.8, 4) is 11.3 Å². The van der Waals surface area contributed by atoms with Crippen LogP contribution in [0.4, 0.5) is 5.95 Å². The van der Waals surface area contributed by atoms with Gasteiger partial charge in [-0.2, -0.15) is 0 Å². The number of aryl methyl sites for hydroxylation is 1. The molecule has 1 aliphatic heterocycles. The molecule has 0 atom stereocenters. The maximum Gasteiger partial charge on any atom is 0.235 e. The van der Waals surface area contributed by atoms with Crippen LogP contribution in [0.1, 0.15) is 5.69 Å². The molecule has 5 rings (SSSR count). The van der Waals surface area contributed by atoms with Crippen molar-refractivity contribution in [3.05, 3.63) is 48.4 Å². The predicted molar refractivity (Wildman–Crippen MR) is 99.3 cm³/mol. The molecule has 3 aromatic heterocycles. The first kappa shape index (κ1) is 15.2. The second-order valence-electron chi connectivity index (χ2n) is 6.33. The lowest BCUT2D eigenvalue weighted by molar-refractivity contribution is 0.122. The highest BCUT2D eigenvalue weighted by molar-refractivity contribution is 5.81. The van der Waals surface area contributed by atoms with Gasteiger partial charge in [0.25, 0.3) is 0 Å². The van der Waals surface area contributed by atoms with Crippen molar-refractivity contribution in [2.24, 2.45) is 0 Å². The molecule has 0 spiro atoms. The molecule has 1 fully saturated rings. The highest BCUT2D eigenvalue weighted by Gasteiger charge is 2.16. The van der Waals surface area contributed by atoms with Crippen molar-refractivity contribution in [3.63, 3.8) is 0 Å². The van der Waals surface area contributed by atoms with Crippen molar-refractivity contribution < 1.29 is 4.74 Å². The minimum Gasteiger partial charge on any atom is -0.378 e. The average Bonchev–Trinajstić information content (AvgIpc) is 3.08. The number of morpholine rings is 1. The fourth-order valence-electron chi connectivity index (χ4n) is 3.43. The Hall–Kier alpha value is -3.06. The van der Waals surface area contributed by atoms with Crippen molar-refractivity contribution in [2.45, 2.75) is 6.92 Å². The van der Waals surface area contributed by atoms with Gasteiger partial charge in [0.2, 0.25) is 11.7 Å². The first-order valence-electron chi connectivity index (χ1n) is 8.70. The number of benzene rings is 1. The second-order valence-corrected chi connectivity index (χ2v) is 6.33. The van der Waals surface area contributed by atoms with Crippen LogP contribution < -0.4 is 4.90 Å². The summed E-state index contributed by atoms with van der Waals surface area (Å²) in [7, 11) is 0. The third-order valence-corrected chi connectivity index (χ3v) is 4.79. The fourth-order valence-corrected chi connectivity index (χ4v) is 3.43. The van der Waals surface area contributed by atoms with Gasteiger partial charge in [0.05, 0.1) is 29.9 Å². The van der Waals surface area contributed by atoms with Gasteiger partial charge in [0, 0.05) is 36.7 Å². The van der Waals surface area contributed by atoms with Crippen LogP contribution >= 0.6 is 0 Å². The minimum atomic E-state index is 0.704. The Morgan fingerprint density at radius 2 is 1.85 bits per heavy atom. The lowest BCUT2D eigenvalue weighted by Gasteiger charge is -2.26. The molecule has 0 radical (unpaired) electrons. The second kappa shape index (κ2) is 6.03. The van der Waals surface area contributed by atoms with Gasteiger partial charge < -0.3 is 9.64 Å². The largest absolute Gasteiger partial charge is 0.378 e. The molecule has 4 heterocycles. The highest BCUT2D eigenvalue weighted by Crippen LogP contribution is 2.26. The number of imidazole rings is 1. The summed E-state index contributed by atoms with van der Waals surface area (Å²) >= 11 is 0. The minimum absolute atomic E-state index is 0.704. The van der Waals surface area contributed by atoms with Crippen LogP contribution in [0.15, 0.2) is 42.7 Å². The van der Waals surface area contributed by atoms with Gasteiger partial charge in [-0.15, -0.1) is 0 Å². The molecule has 1 aromatic carbocycles. The third-order valence-electron chi connectivity index (χ3n) is 4.79. The summed E-state index contributed by atoms with van der Waals surface area (Å²) in [5.74, 6) is 1.44. The zero-order chi connectivity index (χ0) is 17.5. The summed E-state index contributed by atoms with van der Waals surface area (Å²) in [6, 6.07) is 10.0. The van der Waals surface area contributed by atoms with E-state index in [1.54, 1.807) is 0 Å². The van der Waals surface area contributed by atoms with Crippen LogP contribution in [0.2, 0.25) is 0 Å². The lowest BCUT2D eigenvalue weighted by atomic mass is 10.1. The molecular formula is C19H18N6O. The maximum atomic E-state index is 5.42. The Morgan fingerprint density at radius 1 is 1.00 bits per heavy atom. The van der Waals surface area contributed by atoms with Gasteiger partial charge in [-0.25, -0.2) is 19.9 Å². The Labute approximate surface area is 150 Å². The molecule has 7 heteroatoms. The van der Waals surface area contributed by atoms with E-state index in [0.717, 1.165) is 47.0 Å². The Bertz CT molecular complexity index is 1100. The number of ether oxygens (including phenoxy) is 1. The van der Waals surface area contributed by atoms with Crippen LogP contribution in [0.3, 0.4) is 0 Å². The number of anilines is 1. The highest BCUT2D eigenvalue weighted by atomic mass is 16.5. The van der Waals surface area contributed by atoms with Crippen molar-refractivity contribution in [1.82, 2.24) is 24.3 Å². The Morgan fingerprint density at radius 3 is 2.73 bits per heavy atom. The van der Waals surface area contributed by atoms with Crippen LogP contribution in [0.25, 0.3) is 28.1 Å². The molecule has 0 amide bonds. The predicted octanol–water partition coefficient (Wildman–Crippen LogP) is 2.48. The standard InChI is InChI=1S/C19H18N6O/c1-13-14(12-21-19-23-16-4-2-3-5-17(16)25(13)19)15-6-7-20-18(22-15)24-8-10-26-11-9-24/h2-7,12H,8-11H2,1H3. The molecule has 1 saturated heterocycles. The van der Waals surface area contributed by atoms with Crippen LogP contribution in [-0.4, -0.2) is 50.6 Å². The zero-order valence-corrected chi connectivity index (χ0v) is 14.5. The number of rotatable bonds is 2. The molecule has 1 aliphatic rings. The van der Waals surface area contributed by atoms with Crippen molar-refractivity contribution in [2.75, 3.05) is 31.2 Å². The summed E-state index contributed by atoms with van der Waals surface area (Å²) < 4.78 is 7.50. The molecule has 26 heavy (non-hydrogen) atoms. The summed E-state index contributed by atoms with van der Waals surface area (Å²) in [5.41, 5.74) is 4.91. The molecule has 4 aromatic rings. The van der Waals surface area contributed by atoms with Crippen molar-refractivity contribution >= 4 is 22.8 Å².